The third-order valence-electron chi connectivity index (χ3n) is 2.97. The second-order valence-corrected chi connectivity index (χ2v) is 5.32. The van der Waals surface area contributed by atoms with Crippen molar-refractivity contribution in [3.63, 3.8) is 0 Å². The molecule has 0 fully saturated rings. The molecule has 1 aromatic carbocycles. The molecule has 1 aromatic heterocycles. The molecular weight excluding hydrogens is 338 g/mol. The van der Waals surface area contributed by atoms with Crippen LogP contribution in [0.1, 0.15) is 29.3 Å². The van der Waals surface area contributed by atoms with Gasteiger partial charge < -0.3 is 19.2 Å². The fourth-order valence-electron chi connectivity index (χ4n) is 1.89. The lowest BCUT2D eigenvalue weighted by Gasteiger charge is -2.16. The molecule has 0 radical (unpaired) electrons. The fourth-order valence-corrected chi connectivity index (χ4v) is 2.25. The Kier molecular flexibility index (Phi) is 4.90. The van der Waals surface area contributed by atoms with Crippen LogP contribution in [-0.4, -0.2) is 20.2 Å². The van der Waals surface area contributed by atoms with Crippen LogP contribution in [0.25, 0.3) is 0 Å². The molecule has 1 atom stereocenters. The van der Waals surface area contributed by atoms with E-state index in [0.29, 0.717) is 5.76 Å². The number of anilines is 1. The number of carbonyl (C=O) groups is 1. The summed E-state index contributed by atoms with van der Waals surface area (Å²) in [6.07, 6.45) is 0. The summed E-state index contributed by atoms with van der Waals surface area (Å²) in [5.74, 6) is 1.05. The van der Waals surface area contributed by atoms with Gasteiger partial charge in [0.05, 0.1) is 25.9 Å². The normalized spacial score (nSPS) is 11.8. The van der Waals surface area contributed by atoms with Crippen LogP contribution in [0.15, 0.2) is 39.2 Å². The second-order valence-electron chi connectivity index (χ2n) is 4.40. The van der Waals surface area contributed by atoms with E-state index in [-0.39, 0.29) is 11.8 Å². The van der Waals surface area contributed by atoms with Crippen LogP contribution in [0.2, 0.25) is 0 Å². The highest BCUT2D eigenvalue weighted by Gasteiger charge is 2.16. The summed E-state index contributed by atoms with van der Waals surface area (Å²) in [4.78, 5) is 11.4. The zero-order valence-corrected chi connectivity index (χ0v) is 13.6. The van der Waals surface area contributed by atoms with Gasteiger partial charge in [-0.1, -0.05) is 15.9 Å². The van der Waals surface area contributed by atoms with Crippen LogP contribution in [0.3, 0.4) is 0 Å². The predicted molar refractivity (Wildman–Crippen MR) is 82.8 cm³/mol. The highest BCUT2D eigenvalue weighted by Crippen LogP contribution is 2.31. The monoisotopic (exact) mass is 353 g/mol. The lowest BCUT2D eigenvalue weighted by molar-refractivity contribution is 0.0562. The second kappa shape index (κ2) is 6.67. The maximum atomic E-state index is 11.4. The molecule has 0 aliphatic rings. The first-order chi connectivity index (χ1) is 10.0. The molecule has 21 heavy (non-hydrogen) atoms. The van der Waals surface area contributed by atoms with Crippen molar-refractivity contribution < 1.29 is 18.7 Å². The van der Waals surface area contributed by atoms with Crippen LogP contribution >= 0.6 is 15.9 Å². The van der Waals surface area contributed by atoms with Crippen LogP contribution in [-0.2, 0) is 4.74 Å². The van der Waals surface area contributed by atoms with E-state index in [9.17, 15) is 4.79 Å². The molecule has 5 nitrogen and oxygen atoms in total. The topological polar surface area (TPSA) is 60.7 Å². The molecule has 0 saturated heterocycles. The van der Waals surface area contributed by atoms with E-state index in [4.69, 9.17) is 9.15 Å². The van der Waals surface area contributed by atoms with E-state index in [2.05, 4.69) is 26.0 Å². The smallest absolute Gasteiger partial charge is 0.373 e. The van der Waals surface area contributed by atoms with E-state index in [0.717, 1.165) is 15.9 Å². The molecule has 0 saturated carbocycles. The SMILES string of the molecule is COC(=O)c1ccc(C(C)Nc2cc(Br)ccc2OC)o1. The maximum absolute atomic E-state index is 11.4. The van der Waals surface area contributed by atoms with Crippen LogP contribution < -0.4 is 10.1 Å². The number of esters is 1. The molecule has 0 amide bonds. The Morgan fingerprint density at radius 3 is 2.71 bits per heavy atom. The zero-order chi connectivity index (χ0) is 15.4. The van der Waals surface area contributed by atoms with Crippen molar-refractivity contribution in [2.75, 3.05) is 19.5 Å². The minimum absolute atomic E-state index is 0.133. The van der Waals surface area contributed by atoms with E-state index in [1.807, 2.05) is 25.1 Å². The number of benzene rings is 1. The van der Waals surface area contributed by atoms with Gasteiger partial charge in [0.2, 0.25) is 5.76 Å². The first-order valence-corrected chi connectivity index (χ1v) is 7.12. The third-order valence-corrected chi connectivity index (χ3v) is 3.47. The number of hydrogen-bond acceptors (Lipinski definition) is 5. The Balaban J connectivity index is 2.18. The molecule has 0 spiro atoms. The summed E-state index contributed by atoms with van der Waals surface area (Å²) in [5, 5.41) is 3.29. The molecule has 6 heteroatoms. The van der Waals surface area contributed by atoms with Gasteiger partial charge in [-0.3, -0.25) is 0 Å². The summed E-state index contributed by atoms with van der Waals surface area (Å²) in [5.41, 5.74) is 0.829. The summed E-state index contributed by atoms with van der Waals surface area (Å²) >= 11 is 3.42. The number of rotatable bonds is 5. The highest BCUT2D eigenvalue weighted by atomic mass is 79.9. The van der Waals surface area contributed by atoms with Gasteiger partial charge in [0.25, 0.3) is 0 Å². The Morgan fingerprint density at radius 2 is 2.05 bits per heavy atom. The van der Waals surface area contributed by atoms with E-state index in [1.54, 1.807) is 19.2 Å². The summed E-state index contributed by atoms with van der Waals surface area (Å²) in [6, 6.07) is 8.88. The van der Waals surface area contributed by atoms with Crippen molar-refractivity contribution in [1.29, 1.82) is 0 Å². The number of nitrogens with one attached hydrogen (secondary N) is 1. The molecular formula is C15H16BrNO4. The van der Waals surface area contributed by atoms with Gasteiger partial charge >= 0.3 is 5.97 Å². The molecule has 0 aliphatic heterocycles. The van der Waals surface area contributed by atoms with E-state index in [1.165, 1.54) is 7.11 Å². The first kappa shape index (κ1) is 15.4. The standard InChI is InChI=1S/C15H16BrNO4/c1-9(12-6-7-14(21-12)15(18)20-3)17-11-8-10(16)4-5-13(11)19-2/h4-9,17H,1-3H3. The number of furan rings is 1. The molecule has 1 unspecified atom stereocenters. The van der Waals surface area contributed by atoms with Gasteiger partial charge in [0, 0.05) is 4.47 Å². The summed E-state index contributed by atoms with van der Waals surface area (Å²) in [6.45, 7) is 1.93. The lowest BCUT2D eigenvalue weighted by Crippen LogP contribution is -2.07. The largest absolute Gasteiger partial charge is 0.495 e. The van der Waals surface area contributed by atoms with Gasteiger partial charge in [-0.2, -0.15) is 0 Å². The number of carbonyl (C=O) groups excluding carboxylic acids is 1. The highest BCUT2D eigenvalue weighted by molar-refractivity contribution is 9.10. The third kappa shape index (κ3) is 3.58. The number of ether oxygens (including phenoxy) is 2. The molecule has 2 rings (SSSR count). The van der Waals surface area contributed by atoms with Gasteiger partial charge in [0.15, 0.2) is 0 Å². The van der Waals surface area contributed by atoms with Gasteiger partial charge in [0.1, 0.15) is 11.5 Å². The van der Waals surface area contributed by atoms with Crippen molar-refractivity contribution in [2.24, 2.45) is 0 Å². The van der Waals surface area contributed by atoms with Gasteiger partial charge in [-0.15, -0.1) is 0 Å². The van der Waals surface area contributed by atoms with Gasteiger partial charge in [-0.25, -0.2) is 4.79 Å². The Morgan fingerprint density at radius 1 is 1.29 bits per heavy atom. The molecule has 2 aromatic rings. The van der Waals surface area contributed by atoms with E-state index >= 15 is 0 Å². The minimum Gasteiger partial charge on any atom is -0.495 e. The average Bonchev–Trinajstić information content (AvgIpc) is 2.96. The molecule has 0 aliphatic carbocycles. The Bertz CT molecular complexity index is 638. The van der Waals surface area contributed by atoms with Crippen molar-refractivity contribution in [3.8, 4) is 5.75 Å². The number of hydrogen-bond donors (Lipinski definition) is 1. The van der Waals surface area contributed by atoms with E-state index < -0.39 is 5.97 Å². The Hall–Kier alpha value is -1.95. The fraction of sp³-hybridized carbons (Fsp3) is 0.267. The van der Waals surface area contributed by atoms with Crippen LogP contribution in [0.4, 0.5) is 5.69 Å². The number of methoxy groups -OCH3 is 2. The molecule has 0 bridgehead atoms. The van der Waals surface area contributed by atoms with Crippen molar-refractivity contribution in [2.45, 2.75) is 13.0 Å². The lowest BCUT2D eigenvalue weighted by atomic mass is 10.2. The minimum atomic E-state index is -0.492. The maximum Gasteiger partial charge on any atom is 0.373 e. The Labute approximate surface area is 131 Å². The zero-order valence-electron chi connectivity index (χ0n) is 12.0. The van der Waals surface area contributed by atoms with Crippen LogP contribution in [0.5, 0.6) is 5.75 Å². The van der Waals surface area contributed by atoms with Crippen molar-refractivity contribution in [1.82, 2.24) is 0 Å². The van der Waals surface area contributed by atoms with Crippen LogP contribution in [0, 0.1) is 0 Å². The molecule has 1 heterocycles. The molecule has 112 valence electrons. The predicted octanol–water partition coefficient (Wildman–Crippen LogP) is 4.01. The van der Waals surface area contributed by atoms with Crippen molar-refractivity contribution >= 4 is 27.6 Å². The van der Waals surface area contributed by atoms with Gasteiger partial charge in [-0.05, 0) is 37.3 Å². The number of halogens is 1. The quantitative estimate of drug-likeness (QED) is 0.822. The first-order valence-electron chi connectivity index (χ1n) is 6.33. The molecule has 1 N–H and O–H groups in total. The summed E-state index contributed by atoms with van der Waals surface area (Å²) in [7, 11) is 2.93. The van der Waals surface area contributed by atoms with Crippen molar-refractivity contribution in [3.05, 3.63) is 46.3 Å². The summed E-state index contributed by atoms with van der Waals surface area (Å²) < 4.78 is 16.4. The average molecular weight is 354 g/mol.